The van der Waals surface area contributed by atoms with Crippen molar-refractivity contribution >= 4 is 62.3 Å². The van der Waals surface area contributed by atoms with Gasteiger partial charge in [0.1, 0.15) is 0 Å². The molecule has 0 aliphatic carbocycles. The molecule has 0 saturated heterocycles. The molecule has 0 saturated carbocycles. The van der Waals surface area contributed by atoms with Gasteiger partial charge in [0.05, 0.1) is 20.6 Å². The Kier molecular flexibility index (Phi) is 5.33. The van der Waals surface area contributed by atoms with Crippen LogP contribution in [0.4, 0.5) is 5.69 Å². The third kappa shape index (κ3) is 3.99. The lowest BCUT2D eigenvalue weighted by molar-refractivity contribution is 0.601. The van der Waals surface area contributed by atoms with Crippen LogP contribution in [0, 0.1) is 0 Å². The molecular formula is C13H10Cl3NO2S2. The summed E-state index contributed by atoms with van der Waals surface area (Å²) in [7, 11) is -3.77. The van der Waals surface area contributed by atoms with Gasteiger partial charge in [-0.2, -0.15) is 0 Å². The van der Waals surface area contributed by atoms with Gasteiger partial charge in [0.15, 0.2) is 0 Å². The van der Waals surface area contributed by atoms with Gasteiger partial charge < -0.3 is 0 Å². The maximum Gasteiger partial charge on any atom is 0.261 e. The maximum absolute atomic E-state index is 12.4. The molecule has 2 rings (SSSR count). The van der Waals surface area contributed by atoms with E-state index < -0.39 is 10.0 Å². The van der Waals surface area contributed by atoms with Crippen molar-refractivity contribution in [2.24, 2.45) is 0 Å². The normalized spacial score (nSPS) is 11.4. The van der Waals surface area contributed by atoms with E-state index in [2.05, 4.69) is 4.72 Å². The van der Waals surface area contributed by atoms with Crippen molar-refractivity contribution in [2.45, 2.75) is 9.79 Å². The summed E-state index contributed by atoms with van der Waals surface area (Å²) >= 11 is 19.0. The van der Waals surface area contributed by atoms with E-state index in [0.29, 0.717) is 15.7 Å². The summed E-state index contributed by atoms with van der Waals surface area (Å²) in [4.78, 5) is 0.798. The Labute approximate surface area is 142 Å². The van der Waals surface area contributed by atoms with Crippen LogP contribution < -0.4 is 4.72 Å². The second-order valence-corrected chi connectivity index (χ2v) is 7.81. The summed E-state index contributed by atoms with van der Waals surface area (Å²) in [5, 5.41) is 0.915. The lowest BCUT2D eigenvalue weighted by Gasteiger charge is -2.12. The van der Waals surface area contributed by atoms with E-state index in [0.717, 1.165) is 4.90 Å². The minimum atomic E-state index is -3.77. The third-order valence-electron chi connectivity index (χ3n) is 2.61. The lowest BCUT2D eigenvalue weighted by Crippen LogP contribution is -2.13. The molecule has 3 nitrogen and oxygen atoms in total. The quantitative estimate of drug-likeness (QED) is 0.742. The zero-order valence-electron chi connectivity index (χ0n) is 10.7. The van der Waals surface area contributed by atoms with Gasteiger partial charge in [-0.05, 0) is 42.7 Å². The number of nitrogens with one attached hydrogen (secondary N) is 1. The van der Waals surface area contributed by atoms with Crippen LogP contribution in [0.2, 0.25) is 15.1 Å². The Balaban J connectivity index is 2.41. The molecule has 0 spiro atoms. The molecular weight excluding hydrogens is 373 g/mol. The van der Waals surface area contributed by atoms with Gasteiger partial charge >= 0.3 is 0 Å². The Morgan fingerprint density at radius 2 is 1.71 bits per heavy atom. The van der Waals surface area contributed by atoms with E-state index in [1.807, 2.05) is 6.26 Å². The molecule has 1 N–H and O–H groups in total. The van der Waals surface area contributed by atoms with Crippen molar-refractivity contribution < 1.29 is 8.42 Å². The van der Waals surface area contributed by atoms with Crippen molar-refractivity contribution in [3.8, 4) is 0 Å². The Bertz CT molecular complexity index is 779. The second kappa shape index (κ2) is 6.67. The first-order chi connectivity index (χ1) is 9.83. The van der Waals surface area contributed by atoms with Crippen molar-refractivity contribution in [3.05, 3.63) is 51.5 Å². The Morgan fingerprint density at radius 3 is 2.33 bits per heavy atom. The first kappa shape index (κ1) is 16.8. The maximum atomic E-state index is 12.4. The highest BCUT2D eigenvalue weighted by Crippen LogP contribution is 2.31. The SMILES string of the molecule is CSc1ccc(Cl)cc1NS(=O)(=O)c1ccc(Cl)c(Cl)c1. The largest absolute Gasteiger partial charge is 0.278 e. The van der Waals surface area contributed by atoms with Gasteiger partial charge in [-0.25, -0.2) is 8.42 Å². The average molecular weight is 383 g/mol. The van der Waals surface area contributed by atoms with Gasteiger partial charge in [0.25, 0.3) is 10.0 Å². The number of halogens is 3. The Hall–Kier alpha value is -0.590. The summed E-state index contributed by atoms with van der Waals surface area (Å²) in [5.74, 6) is 0. The molecule has 0 aromatic heterocycles. The van der Waals surface area contributed by atoms with Crippen LogP contribution in [0.15, 0.2) is 46.2 Å². The monoisotopic (exact) mass is 381 g/mol. The zero-order chi connectivity index (χ0) is 15.6. The molecule has 0 aliphatic heterocycles. The van der Waals surface area contributed by atoms with Crippen LogP contribution in [0.5, 0.6) is 0 Å². The van der Waals surface area contributed by atoms with Crippen molar-refractivity contribution in [3.63, 3.8) is 0 Å². The van der Waals surface area contributed by atoms with Gasteiger partial charge in [-0.3, -0.25) is 4.72 Å². The molecule has 0 bridgehead atoms. The van der Waals surface area contributed by atoms with E-state index in [1.165, 1.54) is 30.0 Å². The molecule has 112 valence electrons. The van der Waals surface area contributed by atoms with Crippen LogP contribution in [-0.2, 0) is 10.0 Å². The summed E-state index contributed by atoms with van der Waals surface area (Å²) < 4.78 is 27.3. The van der Waals surface area contributed by atoms with Gasteiger partial charge in [0, 0.05) is 9.92 Å². The zero-order valence-corrected chi connectivity index (χ0v) is 14.6. The van der Waals surface area contributed by atoms with Crippen molar-refractivity contribution in [1.29, 1.82) is 0 Å². The van der Waals surface area contributed by atoms with E-state index in [1.54, 1.807) is 18.2 Å². The van der Waals surface area contributed by atoms with Crippen molar-refractivity contribution in [2.75, 3.05) is 11.0 Å². The van der Waals surface area contributed by atoms with Gasteiger partial charge in [0.2, 0.25) is 0 Å². The highest BCUT2D eigenvalue weighted by atomic mass is 35.5. The fourth-order valence-electron chi connectivity index (χ4n) is 1.61. The average Bonchev–Trinajstić information content (AvgIpc) is 2.41. The molecule has 0 amide bonds. The molecule has 0 radical (unpaired) electrons. The molecule has 8 heteroatoms. The number of hydrogen-bond acceptors (Lipinski definition) is 3. The summed E-state index contributed by atoms with van der Waals surface area (Å²) in [6, 6.07) is 9.13. The number of anilines is 1. The fraction of sp³-hybridized carbons (Fsp3) is 0.0769. The summed E-state index contributed by atoms with van der Waals surface area (Å²) in [5.41, 5.74) is 0.418. The molecule has 2 aromatic rings. The van der Waals surface area contributed by atoms with Crippen LogP contribution in [-0.4, -0.2) is 14.7 Å². The fourth-order valence-corrected chi connectivity index (χ4v) is 3.84. The highest BCUT2D eigenvalue weighted by molar-refractivity contribution is 7.99. The summed E-state index contributed by atoms with van der Waals surface area (Å²) in [6.45, 7) is 0. The van der Waals surface area contributed by atoms with Gasteiger partial charge in [-0.15, -0.1) is 11.8 Å². The minimum absolute atomic E-state index is 0.0314. The number of sulfonamides is 1. The number of hydrogen-bond donors (Lipinski definition) is 1. The first-order valence-electron chi connectivity index (χ1n) is 5.65. The number of thioether (sulfide) groups is 1. The van der Waals surface area contributed by atoms with E-state index in [4.69, 9.17) is 34.8 Å². The molecule has 0 heterocycles. The number of rotatable bonds is 4. The highest BCUT2D eigenvalue weighted by Gasteiger charge is 2.17. The first-order valence-corrected chi connectivity index (χ1v) is 9.49. The molecule has 0 fully saturated rings. The summed E-state index contributed by atoms with van der Waals surface area (Å²) in [6.07, 6.45) is 1.85. The van der Waals surface area contributed by atoms with Crippen molar-refractivity contribution in [1.82, 2.24) is 0 Å². The molecule has 0 unspecified atom stereocenters. The standard InChI is InChI=1S/C13H10Cl3NO2S2/c1-20-13-5-2-8(14)6-12(13)17-21(18,19)9-3-4-10(15)11(16)7-9/h2-7,17H,1H3. The van der Waals surface area contributed by atoms with Crippen LogP contribution >= 0.6 is 46.6 Å². The predicted molar refractivity (Wildman–Crippen MR) is 90.5 cm³/mol. The third-order valence-corrected chi connectivity index (χ3v) is 5.74. The topological polar surface area (TPSA) is 46.2 Å². The van der Waals surface area contributed by atoms with Gasteiger partial charge in [-0.1, -0.05) is 34.8 Å². The minimum Gasteiger partial charge on any atom is -0.278 e. The second-order valence-electron chi connectivity index (χ2n) is 4.03. The predicted octanol–water partition coefficient (Wildman–Crippen LogP) is 5.17. The van der Waals surface area contributed by atoms with Crippen LogP contribution in [0.3, 0.4) is 0 Å². The number of benzene rings is 2. The molecule has 21 heavy (non-hydrogen) atoms. The van der Waals surface area contributed by atoms with E-state index in [-0.39, 0.29) is 9.92 Å². The van der Waals surface area contributed by atoms with E-state index >= 15 is 0 Å². The van der Waals surface area contributed by atoms with E-state index in [9.17, 15) is 8.42 Å². The smallest absolute Gasteiger partial charge is 0.261 e. The van der Waals surface area contributed by atoms with Crippen LogP contribution in [0.1, 0.15) is 0 Å². The molecule has 0 atom stereocenters. The Morgan fingerprint density at radius 1 is 1.00 bits per heavy atom. The lowest BCUT2D eigenvalue weighted by atomic mass is 10.3. The molecule has 2 aromatic carbocycles. The molecule has 0 aliphatic rings. The van der Waals surface area contributed by atoms with Crippen LogP contribution in [0.25, 0.3) is 0 Å².